The monoisotopic (exact) mass is 269 g/mol. The largest absolute Gasteiger partial charge is 0.391 e. The van der Waals surface area contributed by atoms with Crippen LogP contribution in [-0.4, -0.2) is 35.1 Å². The standard InChI is InChI=1S/C17H19NO2/c19-15-10-11-18(12-15)17(20)9-8-14-6-3-5-13-4-1-2-7-16(13)14/h1-7,15,19H,8-12H2. The smallest absolute Gasteiger partial charge is 0.222 e. The average Bonchev–Trinajstić information content (AvgIpc) is 2.91. The summed E-state index contributed by atoms with van der Waals surface area (Å²) in [4.78, 5) is 13.9. The highest BCUT2D eigenvalue weighted by molar-refractivity contribution is 5.86. The summed E-state index contributed by atoms with van der Waals surface area (Å²) in [7, 11) is 0. The molecule has 1 heterocycles. The van der Waals surface area contributed by atoms with Gasteiger partial charge in [0.25, 0.3) is 0 Å². The number of β-amino-alcohol motifs (C(OH)–C–C–N with tert-alkyl or cyclic N) is 1. The van der Waals surface area contributed by atoms with E-state index in [1.807, 2.05) is 18.2 Å². The maximum absolute atomic E-state index is 12.1. The highest BCUT2D eigenvalue weighted by Crippen LogP contribution is 2.20. The van der Waals surface area contributed by atoms with Crippen LogP contribution < -0.4 is 0 Å². The Kier molecular flexibility index (Phi) is 3.70. The molecule has 2 aromatic carbocycles. The van der Waals surface area contributed by atoms with Crippen LogP contribution in [0.2, 0.25) is 0 Å². The van der Waals surface area contributed by atoms with E-state index in [4.69, 9.17) is 0 Å². The third kappa shape index (κ3) is 2.68. The van der Waals surface area contributed by atoms with E-state index in [-0.39, 0.29) is 12.0 Å². The van der Waals surface area contributed by atoms with E-state index in [2.05, 4.69) is 24.3 Å². The van der Waals surface area contributed by atoms with Crippen molar-refractivity contribution in [2.45, 2.75) is 25.4 Å². The fourth-order valence-corrected chi connectivity index (χ4v) is 2.88. The van der Waals surface area contributed by atoms with Crippen LogP contribution >= 0.6 is 0 Å². The molecule has 1 unspecified atom stereocenters. The van der Waals surface area contributed by atoms with Gasteiger partial charge in [-0.3, -0.25) is 4.79 Å². The van der Waals surface area contributed by atoms with Crippen LogP contribution in [0.25, 0.3) is 10.8 Å². The van der Waals surface area contributed by atoms with Crippen LogP contribution in [0.5, 0.6) is 0 Å². The van der Waals surface area contributed by atoms with Gasteiger partial charge in [-0.1, -0.05) is 42.5 Å². The molecule has 104 valence electrons. The van der Waals surface area contributed by atoms with Gasteiger partial charge in [-0.05, 0) is 29.2 Å². The minimum Gasteiger partial charge on any atom is -0.391 e. The molecule has 0 aliphatic carbocycles. The van der Waals surface area contributed by atoms with Crippen molar-refractivity contribution < 1.29 is 9.90 Å². The number of aliphatic hydroxyl groups excluding tert-OH is 1. The van der Waals surface area contributed by atoms with Crippen molar-refractivity contribution in [3.05, 3.63) is 48.0 Å². The van der Waals surface area contributed by atoms with Crippen molar-refractivity contribution in [2.75, 3.05) is 13.1 Å². The maximum Gasteiger partial charge on any atom is 0.222 e. The van der Waals surface area contributed by atoms with Crippen molar-refractivity contribution in [1.82, 2.24) is 4.90 Å². The van der Waals surface area contributed by atoms with Crippen LogP contribution in [0.1, 0.15) is 18.4 Å². The number of amides is 1. The molecule has 1 saturated heterocycles. The van der Waals surface area contributed by atoms with Gasteiger partial charge in [-0.2, -0.15) is 0 Å². The lowest BCUT2D eigenvalue weighted by Crippen LogP contribution is -2.29. The summed E-state index contributed by atoms with van der Waals surface area (Å²) in [6.45, 7) is 1.18. The Labute approximate surface area is 118 Å². The van der Waals surface area contributed by atoms with Gasteiger partial charge in [-0.25, -0.2) is 0 Å². The van der Waals surface area contributed by atoms with Gasteiger partial charge < -0.3 is 10.0 Å². The number of fused-ring (bicyclic) bond motifs is 1. The Balaban J connectivity index is 1.69. The zero-order valence-corrected chi connectivity index (χ0v) is 11.5. The van der Waals surface area contributed by atoms with Gasteiger partial charge in [-0.15, -0.1) is 0 Å². The average molecular weight is 269 g/mol. The Morgan fingerprint density at radius 3 is 2.80 bits per heavy atom. The van der Waals surface area contributed by atoms with Crippen molar-refractivity contribution in [3.8, 4) is 0 Å². The van der Waals surface area contributed by atoms with E-state index in [1.165, 1.54) is 16.3 Å². The molecule has 0 radical (unpaired) electrons. The van der Waals surface area contributed by atoms with Crippen LogP contribution in [-0.2, 0) is 11.2 Å². The Bertz CT molecular complexity index is 618. The van der Waals surface area contributed by atoms with Crippen LogP contribution in [0.3, 0.4) is 0 Å². The lowest BCUT2D eigenvalue weighted by Gasteiger charge is -2.15. The Morgan fingerprint density at radius 1 is 1.20 bits per heavy atom. The lowest BCUT2D eigenvalue weighted by atomic mass is 10.0. The quantitative estimate of drug-likeness (QED) is 0.929. The second-order valence-corrected chi connectivity index (χ2v) is 5.42. The van der Waals surface area contributed by atoms with Crippen LogP contribution in [0, 0.1) is 0 Å². The topological polar surface area (TPSA) is 40.5 Å². The summed E-state index contributed by atoms with van der Waals surface area (Å²) in [5, 5.41) is 11.9. The summed E-state index contributed by atoms with van der Waals surface area (Å²) in [6, 6.07) is 14.5. The molecule has 0 aromatic heterocycles. The lowest BCUT2D eigenvalue weighted by molar-refractivity contribution is -0.130. The molecule has 3 heteroatoms. The van der Waals surface area contributed by atoms with Crippen LogP contribution in [0.15, 0.2) is 42.5 Å². The minimum atomic E-state index is -0.337. The van der Waals surface area contributed by atoms with Crippen molar-refractivity contribution in [2.24, 2.45) is 0 Å². The minimum absolute atomic E-state index is 0.148. The van der Waals surface area contributed by atoms with Gasteiger partial charge in [0.2, 0.25) is 5.91 Å². The number of hydrogen-bond donors (Lipinski definition) is 1. The van der Waals surface area contributed by atoms with E-state index in [1.54, 1.807) is 4.90 Å². The Hall–Kier alpha value is -1.87. The molecular weight excluding hydrogens is 250 g/mol. The molecule has 1 aliphatic heterocycles. The summed E-state index contributed by atoms with van der Waals surface area (Å²) < 4.78 is 0. The van der Waals surface area contributed by atoms with E-state index >= 15 is 0 Å². The molecule has 0 saturated carbocycles. The summed E-state index contributed by atoms with van der Waals surface area (Å²) in [5.41, 5.74) is 1.22. The van der Waals surface area contributed by atoms with Gasteiger partial charge >= 0.3 is 0 Å². The zero-order chi connectivity index (χ0) is 13.9. The number of benzene rings is 2. The van der Waals surface area contributed by atoms with Crippen molar-refractivity contribution in [1.29, 1.82) is 0 Å². The number of likely N-dealkylation sites (tertiary alicyclic amines) is 1. The fraction of sp³-hybridized carbons (Fsp3) is 0.353. The fourth-order valence-electron chi connectivity index (χ4n) is 2.88. The number of aryl methyl sites for hydroxylation is 1. The number of carbonyl (C=O) groups excluding carboxylic acids is 1. The highest BCUT2D eigenvalue weighted by Gasteiger charge is 2.23. The molecule has 1 aliphatic rings. The first-order chi connectivity index (χ1) is 9.74. The first kappa shape index (κ1) is 13.1. The molecule has 20 heavy (non-hydrogen) atoms. The highest BCUT2D eigenvalue weighted by atomic mass is 16.3. The molecule has 3 rings (SSSR count). The predicted octanol–water partition coefficient (Wildman–Crippen LogP) is 2.37. The van der Waals surface area contributed by atoms with E-state index in [9.17, 15) is 9.90 Å². The first-order valence-corrected chi connectivity index (χ1v) is 7.16. The molecule has 3 nitrogen and oxygen atoms in total. The normalized spacial score (nSPS) is 18.6. The van der Waals surface area contributed by atoms with Crippen molar-refractivity contribution in [3.63, 3.8) is 0 Å². The maximum atomic E-state index is 12.1. The summed E-state index contributed by atoms with van der Waals surface area (Å²) >= 11 is 0. The number of hydrogen-bond acceptors (Lipinski definition) is 2. The third-order valence-electron chi connectivity index (χ3n) is 4.00. The third-order valence-corrected chi connectivity index (χ3v) is 4.00. The summed E-state index contributed by atoms with van der Waals surface area (Å²) in [6.07, 6.45) is 1.64. The Morgan fingerprint density at radius 2 is 2.00 bits per heavy atom. The number of nitrogens with zero attached hydrogens (tertiary/aromatic N) is 1. The molecule has 2 aromatic rings. The second-order valence-electron chi connectivity index (χ2n) is 5.42. The first-order valence-electron chi connectivity index (χ1n) is 7.16. The predicted molar refractivity (Wildman–Crippen MR) is 79.5 cm³/mol. The number of carbonyl (C=O) groups is 1. The van der Waals surface area contributed by atoms with E-state index in [0.717, 1.165) is 6.42 Å². The molecule has 1 atom stereocenters. The second kappa shape index (κ2) is 5.63. The van der Waals surface area contributed by atoms with Gasteiger partial charge in [0.15, 0.2) is 0 Å². The van der Waals surface area contributed by atoms with Gasteiger partial charge in [0, 0.05) is 19.5 Å². The van der Waals surface area contributed by atoms with Crippen molar-refractivity contribution >= 4 is 16.7 Å². The number of rotatable bonds is 3. The molecule has 0 spiro atoms. The molecular formula is C17H19NO2. The molecule has 1 fully saturated rings. The summed E-state index contributed by atoms with van der Waals surface area (Å²) in [5.74, 6) is 0.148. The van der Waals surface area contributed by atoms with E-state index < -0.39 is 0 Å². The molecule has 1 amide bonds. The van der Waals surface area contributed by atoms with Crippen LogP contribution in [0.4, 0.5) is 0 Å². The van der Waals surface area contributed by atoms with Gasteiger partial charge in [0.05, 0.1) is 6.10 Å². The number of aliphatic hydroxyl groups is 1. The molecule has 1 N–H and O–H groups in total. The van der Waals surface area contributed by atoms with Gasteiger partial charge in [0.1, 0.15) is 0 Å². The SMILES string of the molecule is O=C(CCc1cccc2ccccc12)N1CCC(O)C1. The zero-order valence-electron chi connectivity index (χ0n) is 11.5. The van der Waals surface area contributed by atoms with E-state index in [0.29, 0.717) is 25.9 Å². The molecule has 0 bridgehead atoms.